The number of β-lactam (4-membered cyclic amide) rings is 1. The summed E-state index contributed by atoms with van der Waals surface area (Å²) < 4.78 is 10.7. The average Bonchev–Trinajstić information content (AvgIpc) is 3.00. The van der Waals surface area contributed by atoms with Crippen LogP contribution in [0.1, 0.15) is 11.6 Å². The molecule has 112 valence electrons. The number of hydrogen-bond acceptors (Lipinski definition) is 4. The number of nitrogens with zero attached hydrogens (tertiary/aromatic N) is 1. The number of carbonyl (C=O) groups is 1. The Morgan fingerprint density at radius 3 is 2.73 bits per heavy atom. The summed E-state index contributed by atoms with van der Waals surface area (Å²) in [5.74, 6) is 1.17. The molecule has 0 aliphatic carbocycles. The molecule has 22 heavy (non-hydrogen) atoms. The van der Waals surface area contributed by atoms with Gasteiger partial charge in [-0.1, -0.05) is 29.8 Å². The Labute approximate surface area is 132 Å². The molecular weight excluding hydrogens is 304 g/mol. The lowest BCUT2D eigenvalue weighted by atomic mass is 9.88. The van der Waals surface area contributed by atoms with Crippen molar-refractivity contribution in [3.8, 4) is 11.5 Å². The van der Waals surface area contributed by atoms with Gasteiger partial charge in [0.15, 0.2) is 11.5 Å². The van der Waals surface area contributed by atoms with E-state index in [1.165, 1.54) is 0 Å². The molecule has 0 unspecified atom stereocenters. The summed E-state index contributed by atoms with van der Waals surface area (Å²) in [5, 5.41) is 0.598. The predicted molar refractivity (Wildman–Crippen MR) is 82.2 cm³/mol. The maximum atomic E-state index is 12.2. The van der Waals surface area contributed by atoms with Crippen LogP contribution in [-0.4, -0.2) is 18.7 Å². The van der Waals surface area contributed by atoms with Gasteiger partial charge in [0.1, 0.15) is 6.04 Å². The standard InChI is InChI=1S/C16H13ClN2O3/c17-11-4-2-1-3-10(11)15-14(18)16(20)19(15)9-5-6-12-13(7-9)22-8-21-12/h1-7,14-15H,8,18H2/t14-,15+/m0/s1. The molecule has 5 nitrogen and oxygen atoms in total. The largest absolute Gasteiger partial charge is 0.454 e. The van der Waals surface area contributed by atoms with E-state index in [0.717, 1.165) is 11.3 Å². The van der Waals surface area contributed by atoms with Gasteiger partial charge in [-0.2, -0.15) is 0 Å². The van der Waals surface area contributed by atoms with Gasteiger partial charge in [0.2, 0.25) is 12.7 Å². The number of rotatable bonds is 2. The first kappa shape index (κ1) is 13.4. The van der Waals surface area contributed by atoms with Crippen LogP contribution in [0, 0.1) is 0 Å². The van der Waals surface area contributed by atoms with E-state index < -0.39 is 6.04 Å². The summed E-state index contributed by atoms with van der Waals surface area (Å²) in [5.41, 5.74) is 7.57. The third kappa shape index (κ3) is 1.86. The van der Waals surface area contributed by atoms with Gasteiger partial charge in [0, 0.05) is 16.8 Å². The quantitative estimate of drug-likeness (QED) is 0.865. The first-order valence-corrected chi connectivity index (χ1v) is 7.27. The molecule has 0 aromatic heterocycles. The topological polar surface area (TPSA) is 64.8 Å². The molecule has 1 saturated heterocycles. The molecule has 2 aromatic rings. The lowest BCUT2D eigenvalue weighted by Crippen LogP contribution is -2.63. The van der Waals surface area contributed by atoms with Crippen LogP contribution in [0.3, 0.4) is 0 Å². The van der Waals surface area contributed by atoms with Crippen molar-refractivity contribution in [2.45, 2.75) is 12.1 Å². The first-order chi connectivity index (χ1) is 10.7. The highest BCUT2D eigenvalue weighted by molar-refractivity contribution is 6.31. The highest BCUT2D eigenvalue weighted by Gasteiger charge is 2.47. The van der Waals surface area contributed by atoms with Gasteiger partial charge in [-0.3, -0.25) is 4.79 Å². The van der Waals surface area contributed by atoms with Crippen molar-refractivity contribution in [1.82, 2.24) is 0 Å². The third-order valence-electron chi connectivity index (χ3n) is 4.00. The third-order valence-corrected chi connectivity index (χ3v) is 4.34. The number of nitrogens with two attached hydrogens (primary N) is 1. The fraction of sp³-hybridized carbons (Fsp3) is 0.188. The summed E-state index contributed by atoms with van der Waals surface area (Å²) in [4.78, 5) is 13.9. The Bertz CT molecular complexity index is 765. The van der Waals surface area contributed by atoms with Gasteiger partial charge >= 0.3 is 0 Å². The molecule has 1 fully saturated rings. The zero-order valence-electron chi connectivity index (χ0n) is 11.5. The monoisotopic (exact) mass is 316 g/mol. The Hall–Kier alpha value is -2.24. The summed E-state index contributed by atoms with van der Waals surface area (Å²) in [6.07, 6.45) is 0. The van der Waals surface area contributed by atoms with Gasteiger partial charge in [0.25, 0.3) is 0 Å². The second-order valence-electron chi connectivity index (χ2n) is 5.24. The molecule has 2 N–H and O–H groups in total. The van der Waals surface area contributed by atoms with E-state index in [1.54, 1.807) is 23.1 Å². The zero-order chi connectivity index (χ0) is 15.3. The number of anilines is 1. The lowest BCUT2D eigenvalue weighted by Gasteiger charge is -2.45. The van der Waals surface area contributed by atoms with Crippen LogP contribution in [0.25, 0.3) is 0 Å². The molecule has 0 bridgehead atoms. The molecule has 2 aromatic carbocycles. The molecule has 0 radical (unpaired) electrons. The van der Waals surface area contributed by atoms with Crippen LogP contribution in [-0.2, 0) is 4.79 Å². The SMILES string of the molecule is N[C@@H]1C(=O)N(c2ccc3c(c2)OCO3)[C@@H]1c1ccccc1Cl. The molecule has 1 amide bonds. The van der Waals surface area contributed by atoms with Crippen LogP contribution in [0.15, 0.2) is 42.5 Å². The van der Waals surface area contributed by atoms with Crippen LogP contribution >= 0.6 is 11.6 Å². The predicted octanol–water partition coefficient (Wildman–Crippen LogP) is 2.48. The second-order valence-corrected chi connectivity index (χ2v) is 5.65. The Kier molecular flexibility index (Phi) is 2.99. The highest BCUT2D eigenvalue weighted by Crippen LogP contribution is 2.43. The van der Waals surface area contributed by atoms with Crippen LogP contribution in [0.4, 0.5) is 5.69 Å². The minimum atomic E-state index is -0.592. The summed E-state index contributed by atoms with van der Waals surface area (Å²) in [6.45, 7) is 0.195. The lowest BCUT2D eigenvalue weighted by molar-refractivity contribution is -0.126. The molecule has 2 aliphatic heterocycles. The van der Waals surface area contributed by atoms with E-state index in [2.05, 4.69) is 0 Å². The van der Waals surface area contributed by atoms with Crippen molar-refractivity contribution in [2.24, 2.45) is 5.73 Å². The molecule has 2 aliphatic rings. The van der Waals surface area contributed by atoms with Crippen LogP contribution < -0.4 is 20.1 Å². The maximum Gasteiger partial charge on any atom is 0.247 e. The number of carbonyl (C=O) groups excluding carboxylic acids is 1. The molecule has 6 heteroatoms. The van der Waals surface area contributed by atoms with Gasteiger partial charge in [0.05, 0.1) is 6.04 Å². The van der Waals surface area contributed by atoms with Crippen molar-refractivity contribution in [2.75, 3.05) is 11.7 Å². The number of ether oxygens (including phenoxy) is 2. The number of benzene rings is 2. The molecule has 2 atom stereocenters. The fourth-order valence-electron chi connectivity index (χ4n) is 2.88. The van der Waals surface area contributed by atoms with Crippen LogP contribution in [0.5, 0.6) is 11.5 Å². The zero-order valence-corrected chi connectivity index (χ0v) is 12.3. The van der Waals surface area contributed by atoms with Gasteiger partial charge in [-0.05, 0) is 23.8 Å². The number of halogens is 1. The molecule has 0 saturated carbocycles. The smallest absolute Gasteiger partial charge is 0.247 e. The normalized spacial score (nSPS) is 22.6. The molecule has 2 heterocycles. The van der Waals surface area contributed by atoms with E-state index in [0.29, 0.717) is 16.5 Å². The Morgan fingerprint density at radius 1 is 1.14 bits per heavy atom. The van der Waals surface area contributed by atoms with Crippen LogP contribution in [0.2, 0.25) is 5.02 Å². The number of amides is 1. The van der Waals surface area contributed by atoms with Gasteiger partial charge in [-0.25, -0.2) is 0 Å². The number of hydrogen-bond donors (Lipinski definition) is 1. The maximum absolute atomic E-state index is 12.2. The highest BCUT2D eigenvalue weighted by atomic mass is 35.5. The van der Waals surface area contributed by atoms with E-state index in [-0.39, 0.29) is 18.7 Å². The fourth-order valence-corrected chi connectivity index (χ4v) is 3.13. The van der Waals surface area contributed by atoms with Crippen molar-refractivity contribution in [3.05, 3.63) is 53.1 Å². The molecular formula is C16H13ClN2O3. The molecule has 0 spiro atoms. The first-order valence-electron chi connectivity index (χ1n) is 6.89. The van der Waals surface area contributed by atoms with Gasteiger partial charge in [-0.15, -0.1) is 0 Å². The van der Waals surface area contributed by atoms with Crippen molar-refractivity contribution >= 4 is 23.2 Å². The molecule has 4 rings (SSSR count). The van der Waals surface area contributed by atoms with Crippen molar-refractivity contribution in [3.63, 3.8) is 0 Å². The Balaban J connectivity index is 1.74. The average molecular weight is 317 g/mol. The summed E-state index contributed by atoms with van der Waals surface area (Å²) in [7, 11) is 0. The van der Waals surface area contributed by atoms with E-state index in [4.69, 9.17) is 26.8 Å². The minimum Gasteiger partial charge on any atom is -0.454 e. The second kappa shape index (κ2) is 4.90. The Morgan fingerprint density at radius 2 is 1.91 bits per heavy atom. The van der Waals surface area contributed by atoms with Gasteiger partial charge < -0.3 is 20.1 Å². The summed E-state index contributed by atoms with van der Waals surface area (Å²) in [6, 6.07) is 11.9. The summed E-state index contributed by atoms with van der Waals surface area (Å²) >= 11 is 6.25. The number of fused-ring (bicyclic) bond motifs is 1. The van der Waals surface area contributed by atoms with Crippen molar-refractivity contribution in [1.29, 1.82) is 0 Å². The van der Waals surface area contributed by atoms with E-state index in [9.17, 15) is 4.79 Å². The van der Waals surface area contributed by atoms with E-state index >= 15 is 0 Å². The minimum absolute atomic E-state index is 0.135. The van der Waals surface area contributed by atoms with Crippen molar-refractivity contribution < 1.29 is 14.3 Å². The van der Waals surface area contributed by atoms with E-state index in [1.807, 2.05) is 24.3 Å².